The third-order valence-corrected chi connectivity index (χ3v) is 3.53. The normalized spacial score (nSPS) is 19.1. The van der Waals surface area contributed by atoms with Gasteiger partial charge in [0.1, 0.15) is 12.5 Å². The van der Waals surface area contributed by atoms with E-state index in [0.29, 0.717) is 12.8 Å². The minimum Gasteiger partial charge on any atom is -0.478 e. The minimum absolute atomic E-state index is 0.398. The van der Waals surface area contributed by atoms with Gasteiger partial charge in [-0.2, -0.15) is 0 Å². The summed E-state index contributed by atoms with van der Waals surface area (Å²) in [7, 11) is 0. The summed E-state index contributed by atoms with van der Waals surface area (Å²) < 4.78 is 5.80. The Kier molecular flexibility index (Phi) is 3.03. The first-order chi connectivity index (χ1) is 8.84. The van der Waals surface area contributed by atoms with Crippen molar-refractivity contribution in [1.82, 2.24) is 4.90 Å². The van der Waals surface area contributed by atoms with Crippen LogP contribution in [0.5, 0.6) is 5.75 Å². The van der Waals surface area contributed by atoms with E-state index < -0.39 is 0 Å². The van der Waals surface area contributed by atoms with Crippen molar-refractivity contribution in [3.05, 3.63) is 65.7 Å². The highest BCUT2D eigenvalue weighted by Gasteiger charge is 2.24. The van der Waals surface area contributed by atoms with Crippen molar-refractivity contribution in [2.75, 3.05) is 6.73 Å². The number of rotatable bonds is 2. The molecule has 0 bridgehead atoms. The predicted molar refractivity (Wildman–Crippen MR) is 72.3 cm³/mol. The number of nitrogens with zero attached hydrogens (tertiary/aromatic N) is 1. The van der Waals surface area contributed by atoms with Crippen LogP contribution in [0.3, 0.4) is 0 Å². The molecule has 2 aromatic rings. The van der Waals surface area contributed by atoms with Crippen LogP contribution in [0.1, 0.15) is 24.1 Å². The molecule has 3 rings (SSSR count). The molecule has 2 nitrogen and oxygen atoms in total. The van der Waals surface area contributed by atoms with Crippen LogP contribution >= 0.6 is 0 Å². The van der Waals surface area contributed by atoms with E-state index in [1.807, 2.05) is 12.1 Å². The second kappa shape index (κ2) is 4.83. The maximum Gasteiger partial charge on any atom is 0.142 e. The third-order valence-electron chi connectivity index (χ3n) is 3.53. The van der Waals surface area contributed by atoms with Crippen LogP contribution in [-0.4, -0.2) is 11.6 Å². The molecule has 0 saturated heterocycles. The van der Waals surface area contributed by atoms with Gasteiger partial charge in [0.15, 0.2) is 0 Å². The Hall–Kier alpha value is -1.80. The van der Waals surface area contributed by atoms with Crippen molar-refractivity contribution in [1.29, 1.82) is 0 Å². The number of benzene rings is 2. The molecule has 1 unspecified atom stereocenters. The smallest absolute Gasteiger partial charge is 0.142 e. The van der Waals surface area contributed by atoms with Crippen LogP contribution in [0, 0.1) is 0 Å². The summed E-state index contributed by atoms with van der Waals surface area (Å²) in [6.07, 6.45) is 0. The molecule has 0 aliphatic carbocycles. The van der Waals surface area contributed by atoms with Gasteiger partial charge < -0.3 is 4.74 Å². The van der Waals surface area contributed by atoms with E-state index in [1.54, 1.807) is 0 Å². The van der Waals surface area contributed by atoms with Gasteiger partial charge in [0.2, 0.25) is 0 Å². The molecule has 2 aromatic carbocycles. The summed E-state index contributed by atoms with van der Waals surface area (Å²) in [6, 6.07) is 19.2. The van der Waals surface area contributed by atoms with Gasteiger partial charge in [-0.3, -0.25) is 4.90 Å². The maximum atomic E-state index is 5.80. The second-order valence-electron chi connectivity index (χ2n) is 4.72. The van der Waals surface area contributed by atoms with Crippen molar-refractivity contribution < 1.29 is 4.74 Å². The third kappa shape index (κ3) is 2.12. The molecule has 0 spiro atoms. The highest BCUT2D eigenvalue weighted by Crippen LogP contribution is 2.33. The van der Waals surface area contributed by atoms with Crippen molar-refractivity contribution in [3.63, 3.8) is 0 Å². The van der Waals surface area contributed by atoms with Gasteiger partial charge in [-0.1, -0.05) is 48.5 Å². The first kappa shape index (κ1) is 11.3. The molecular weight excluding hydrogens is 222 g/mol. The lowest BCUT2D eigenvalue weighted by Gasteiger charge is -2.34. The zero-order chi connectivity index (χ0) is 12.4. The molecule has 0 radical (unpaired) electrons. The summed E-state index contributed by atoms with van der Waals surface area (Å²) >= 11 is 0. The highest BCUT2D eigenvalue weighted by molar-refractivity contribution is 5.37. The van der Waals surface area contributed by atoms with Crippen LogP contribution in [0.15, 0.2) is 54.6 Å². The zero-order valence-electron chi connectivity index (χ0n) is 10.5. The van der Waals surface area contributed by atoms with Crippen molar-refractivity contribution in [3.8, 4) is 5.75 Å². The molecule has 2 heteroatoms. The van der Waals surface area contributed by atoms with Crippen LogP contribution in [0.25, 0.3) is 0 Å². The molecule has 0 fully saturated rings. The fourth-order valence-electron chi connectivity index (χ4n) is 2.42. The highest BCUT2D eigenvalue weighted by atomic mass is 16.5. The van der Waals surface area contributed by atoms with Crippen LogP contribution in [0.4, 0.5) is 0 Å². The Morgan fingerprint density at radius 1 is 1.06 bits per heavy atom. The molecule has 92 valence electrons. The predicted octanol–water partition coefficient (Wildman–Crippen LogP) is 3.60. The van der Waals surface area contributed by atoms with Gasteiger partial charge in [0.05, 0.1) is 0 Å². The molecule has 1 aliphatic rings. The van der Waals surface area contributed by atoms with Gasteiger partial charge in [0, 0.05) is 18.2 Å². The first-order valence-electron chi connectivity index (χ1n) is 6.34. The van der Waals surface area contributed by atoms with Gasteiger partial charge in [-0.25, -0.2) is 0 Å². The molecule has 0 amide bonds. The molecule has 0 N–H and O–H groups in total. The van der Waals surface area contributed by atoms with Crippen LogP contribution in [0.2, 0.25) is 0 Å². The van der Waals surface area contributed by atoms with Crippen molar-refractivity contribution in [2.45, 2.75) is 19.5 Å². The zero-order valence-corrected chi connectivity index (χ0v) is 10.5. The van der Waals surface area contributed by atoms with E-state index in [2.05, 4.69) is 54.3 Å². The molecule has 0 saturated carbocycles. The van der Waals surface area contributed by atoms with Crippen molar-refractivity contribution >= 4 is 0 Å². The molecule has 1 heterocycles. The van der Waals surface area contributed by atoms with E-state index in [0.717, 1.165) is 12.3 Å². The summed E-state index contributed by atoms with van der Waals surface area (Å²) in [5, 5.41) is 0. The van der Waals surface area contributed by atoms with Gasteiger partial charge >= 0.3 is 0 Å². The summed E-state index contributed by atoms with van der Waals surface area (Å²) in [5.41, 5.74) is 2.60. The van der Waals surface area contributed by atoms with Gasteiger partial charge in [-0.15, -0.1) is 0 Å². The number of fused-ring (bicyclic) bond motifs is 1. The minimum atomic E-state index is 0.398. The fraction of sp³-hybridized carbons (Fsp3) is 0.250. The number of para-hydroxylation sites is 1. The Labute approximate surface area is 108 Å². The SMILES string of the molecule is CC1c2ccccc2OCN1Cc1ccccc1. The maximum absolute atomic E-state index is 5.80. The van der Waals surface area contributed by atoms with Crippen LogP contribution < -0.4 is 4.74 Å². The van der Waals surface area contributed by atoms with E-state index in [4.69, 9.17) is 4.74 Å². The summed E-state index contributed by atoms with van der Waals surface area (Å²) in [5.74, 6) is 1.02. The number of ether oxygens (including phenoxy) is 1. The lowest BCUT2D eigenvalue weighted by molar-refractivity contribution is 0.0581. The molecule has 1 aliphatic heterocycles. The quantitative estimate of drug-likeness (QED) is 0.794. The van der Waals surface area contributed by atoms with Crippen molar-refractivity contribution in [2.24, 2.45) is 0 Å². The Morgan fingerprint density at radius 3 is 2.61 bits per heavy atom. The van der Waals surface area contributed by atoms with Gasteiger partial charge in [0.25, 0.3) is 0 Å². The summed E-state index contributed by atoms with van der Waals surface area (Å²) in [6.45, 7) is 3.83. The molecule has 0 aromatic heterocycles. The Bertz CT molecular complexity index is 524. The average Bonchev–Trinajstić information content (AvgIpc) is 2.43. The first-order valence-corrected chi connectivity index (χ1v) is 6.34. The second-order valence-corrected chi connectivity index (χ2v) is 4.72. The lowest BCUT2D eigenvalue weighted by Crippen LogP contribution is -2.34. The molecule has 18 heavy (non-hydrogen) atoms. The molecular formula is C16H17NO. The lowest BCUT2D eigenvalue weighted by atomic mass is 10.0. The average molecular weight is 239 g/mol. The fourth-order valence-corrected chi connectivity index (χ4v) is 2.42. The topological polar surface area (TPSA) is 12.5 Å². The Morgan fingerprint density at radius 2 is 1.78 bits per heavy atom. The monoisotopic (exact) mass is 239 g/mol. The summed E-state index contributed by atoms with van der Waals surface area (Å²) in [4.78, 5) is 2.34. The van der Waals surface area contributed by atoms with E-state index >= 15 is 0 Å². The van der Waals surface area contributed by atoms with E-state index in [-0.39, 0.29) is 0 Å². The van der Waals surface area contributed by atoms with E-state index in [9.17, 15) is 0 Å². The standard InChI is InChI=1S/C16H17NO/c1-13-15-9-5-6-10-16(15)18-12-17(13)11-14-7-3-2-4-8-14/h2-10,13H,11-12H2,1H3. The van der Waals surface area contributed by atoms with E-state index in [1.165, 1.54) is 11.1 Å². The van der Waals surface area contributed by atoms with Gasteiger partial charge in [-0.05, 0) is 18.6 Å². The molecule has 1 atom stereocenters. The van der Waals surface area contributed by atoms with Crippen LogP contribution in [-0.2, 0) is 6.54 Å². The number of hydrogen-bond donors (Lipinski definition) is 0. The Balaban J connectivity index is 1.81. The number of hydrogen-bond acceptors (Lipinski definition) is 2. The largest absolute Gasteiger partial charge is 0.478 e.